The maximum atomic E-state index is 11.8. The Labute approximate surface area is 393 Å². The van der Waals surface area contributed by atoms with E-state index in [1.54, 1.807) is 125 Å². The van der Waals surface area contributed by atoms with Crippen molar-refractivity contribution >= 4 is 11.6 Å². The number of Topliss-reactive ketones (excluding diaryl/α,β-unsaturated/α-hetero) is 2. The first-order chi connectivity index (χ1) is 32.5. The molecule has 8 aromatic rings. The van der Waals surface area contributed by atoms with Crippen LogP contribution in [0.5, 0.6) is 46.0 Å². The predicted octanol–water partition coefficient (Wildman–Crippen LogP) is 11.1. The molecule has 1 aliphatic carbocycles. The minimum atomic E-state index is -0.598. The number of carbonyl (C=O) groups excluding carboxylic acids is 2. The van der Waals surface area contributed by atoms with Gasteiger partial charge in [-0.2, -0.15) is 0 Å². The molecule has 8 bridgehead atoms. The molecule has 0 spiro atoms. The lowest BCUT2D eigenvalue weighted by Gasteiger charge is -2.25. The SMILES string of the molecule is CC1c2cc(c(O)cc2O)C(C)c2cc(c(O)cc2O)C(C)c2cc(c(O)cc2O)C(C)c2cc1c(O)cc2O.O=C(C(=O)c1ccccc1)c1ccccc1.c1cc(-c2ccncc2)ccn1. The Hall–Kier alpha value is -8.64. The number of fused-ring (bicyclic) bond motifs is 8. The molecule has 0 unspecified atom stereocenters. The monoisotopic (exact) mass is 910 g/mol. The highest BCUT2D eigenvalue weighted by atomic mass is 16.3. The number of carbonyl (C=O) groups is 2. The van der Waals surface area contributed by atoms with Gasteiger partial charge >= 0.3 is 0 Å². The number of nitrogens with zero attached hydrogens (tertiary/aromatic N) is 2. The molecule has 0 atom stereocenters. The summed E-state index contributed by atoms with van der Waals surface area (Å²) in [5.41, 5.74) is 6.37. The molecule has 68 heavy (non-hydrogen) atoms. The van der Waals surface area contributed by atoms with Crippen molar-refractivity contribution < 1.29 is 50.4 Å². The third-order valence-electron chi connectivity index (χ3n) is 12.4. The van der Waals surface area contributed by atoms with Gasteiger partial charge in [0.25, 0.3) is 0 Å². The van der Waals surface area contributed by atoms with E-state index >= 15 is 0 Å². The second-order valence-electron chi connectivity index (χ2n) is 16.6. The average Bonchev–Trinajstić information content (AvgIpc) is 3.34. The molecule has 8 N–H and O–H groups in total. The fourth-order valence-electron chi connectivity index (χ4n) is 8.42. The summed E-state index contributed by atoms with van der Waals surface area (Å²) in [4.78, 5) is 31.5. The Morgan fingerprint density at radius 3 is 0.735 bits per heavy atom. The summed E-state index contributed by atoms with van der Waals surface area (Å²) in [6.07, 6.45) is 7.15. The van der Waals surface area contributed by atoms with Crippen LogP contribution >= 0.6 is 0 Å². The molecule has 0 saturated heterocycles. The largest absolute Gasteiger partial charge is 0.508 e. The van der Waals surface area contributed by atoms with Gasteiger partial charge in [0, 0.05) is 128 Å². The highest BCUT2D eigenvalue weighted by Crippen LogP contribution is 2.49. The van der Waals surface area contributed by atoms with Crippen molar-refractivity contribution in [3.05, 3.63) is 214 Å². The highest BCUT2D eigenvalue weighted by molar-refractivity contribution is 6.49. The third-order valence-corrected chi connectivity index (χ3v) is 12.4. The molecule has 0 aliphatic heterocycles. The number of phenols is 8. The fraction of sp³-hybridized carbons (Fsp3) is 0.143. The second-order valence-corrected chi connectivity index (χ2v) is 16.6. The number of ketones is 2. The summed E-state index contributed by atoms with van der Waals surface area (Å²) in [5.74, 6) is -4.92. The number of phenolic OH excluding ortho intramolecular Hbond substituents is 8. The van der Waals surface area contributed by atoms with Crippen LogP contribution in [0.3, 0.4) is 0 Å². The lowest BCUT2D eigenvalue weighted by atomic mass is 9.81. The van der Waals surface area contributed by atoms with Crippen LogP contribution in [-0.2, 0) is 0 Å². The van der Waals surface area contributed by atoms with Crippen molar-refractivity contribution in [2.45, 2.75) is 51.4 Å². The first kappa shape index (κ1) is 47.3. The zero-order chi connectivity index (χ0) is 48.8. The molecule has 2 aromatic heterocycles. The van der Waals surface area contributed by atoms with Gasteiger partial charge in [-0.3, -0.25) is 19.6 Å². The molecule has 2 heterocycles. The lowest BCUT2D eigenvalue weighted by Crippen LogP contribution is -2.14. The van der Waals surface area contributed by atoms with Gasteiger partial charge in [0.2, 0.25) is 11.6 Å². The number of aromatic nitrogens is 2. The molecule has 0 saturated carbocycles. The van der Waals surface area contributed by atoms with E-state index in [0.717, 1.165) is 0 Å². The third kappa shape index (κ3) is 9.94. The van der Waals surface area contributed by atoms with Gasteiger partial charge < -0.3 is 40.9 Å². The van der Waals surface area contributed by atoms with Crippen LogP contribution in [0.25, 0.3) is 11.1 Å². The van der Waals surface area contributed by atoms with Crippen LogP contribution in [0.2, 0.25) is 0 Å². The number of benzene rings is 6. The fourth-order valence-corrected chi connectivity index (χ4v) is 8.42. The Balaban J connectivity index is 0.000000197. The van der Waals surface area contributed by atoms with Crippen LogP contribution in [-0.4, -0.2) is 62.4 Å². The summed E-state index contributed by atoms with van der Waals surface area (Å²) in [5, 5.41) is 86.5. The maximum Gasteiger partial charge on any atom is 0.233 e. The summed E-state index contributed by atoms with van der Waals surface area (Å²) in [6.45, 7) is 7.05. The Kier molecular flexibility index (Phi) is 14.1. The Morgan fingerprint density at radius 2 is 0.529 bits per heavy atom. The molecule has 0 amide bonds. The van der Waals surface area contributed by atoms with Crippen LogP contribution in [0.4, 0.5) is 0 Å². The first-order valence-corrected chi connectivity index (χ1v) is 21.8. The van der Waals surface area contributed by atoms with Crippen molar-refractivity contribution in [2.75, 3.05) is 0 Å². The van der Waals surface area contributed by atoms with E-state index in [1.807, 2.05) is 36.4 Å². The molecule has 344 valence electrons. The molecule has 12 nitrogen and oxygen atoms in total. The molecule has 12 heteroatoms. The van der Waals surface area contributed by atoms with E-state index in [1.165, 1.54) is 35.4 Å². The van der Waals surface area contributed by atoms with Crippen molar-refractivity contribution in [2.24, 2.45) is 0 Å². The van der Waals surface area contributed by atoms with Crippen molar-refractivity contribution in [3.8, 4) is 57.1 Å². The molecular weight excluding hydrogens is 861 g/mol. The molecular formula is C56H50N2O10. The molecule has 0 fully saturated rings. The lowest BCUT2D eigenvalue weighted by molar-refractivity contribution is 0.0817. The predicted molar refractivity (Wildman–Crippen MR) is 258 cm³/mol. The Morgan fingerprint density at radius 1 is 0.324 bits per heavy atom. The minimum Gasteiger partial charge on any atom is -0.508 e. The number of hydrogen-bond acceptors (Lipinski definition) is 12. The topological polar surface area (TPSA) is 222 Å². The van der Waals surface area contributed by atoms with Crippen molar-refractivity contribution in [1.29, 1.82) is 0 Å². The zero-order valence-electron chi connectivity index (χ0n) is 37.6. The van der Waals surface area contributed by atoms with Gasteiger partial charge in [0.05, 0.1) is 0 Å². The van der Waals surface area contributed by atoms with Crippen molar-refractivity contribution in [1.82, 2.24) is 9.97 Å². The van der Waals surface area contributed by atoms with Gasteiger partial charge in [-0.05, 0) is 59.7 Å². The standard InChI is InChI=1S/C32H32O8.C14H10O2.C10H8N2/c1-13-17-5-19(27(35)9-25(17)33)14(2)21-7-23(31(39)11-29(21)37)16(4)24-8-22(30(38)12-32(24)40)15(3)20-6-18(13)26(34)10-28(20)36;15-13(11-7-3-1-4-8-11)14(16)12-9-5-2-6-10-12;1-5-11-6-2-9(1)10-3-7-12-8-4-10/h5-16,33-40H,1-4H3;1-10H;1-8H. The Bertz CT molecular complexity index is 2660. The van der Waals surface area contributed by atoms with Gasteiger partial charge in [-0.15, -0.1) is 0 Å². The summed E-state index contributed by atoms with van der Waals surface area (Å²) in [6, 6.07) is 36.4. The molecule has 9 rings (SSSR count). The minimum absolute atomic E-state index is 0.200. The molecule has 0 radical (unpaired) electrons. The number of aromatic hydroxyl groups is 8. The summed E-state index contributed by atoms with van der Waals surface area (Å²) >= 11 is 0. The zero-order valence-corrected chi connectivity index (χ0v) is 37.6. The van der Waals surface area contributed by atoms with E-state index in [4.69, 9.17) is 0 Å². The van der Waals surface area contributed by atoms with Gasteiger partial charge in [0.1, 0.15) is 46.0 Å². The van der Waals surface area contributed by atoms with E-state index in [0.29, 0.717) is 55.6 Å². The first-order valence-electron chi connectivity index (χ1n) is 21.8. The van der Waals surface area contributed by atoms with Gasteiger partial charge in [-0.25, -0.2) is 0 Å². The average molecular weight is 911 g/mol. The van der Waals surface area contributed by atoms with E-state index in [9.17, 15) is 50.4 Å². The summed E-state index contributed by atoms with van der Waals surface area (Å²) < 4.78 is 0. The smallest absolute Gasteiger partial charge is 0.233 e. The van der Waals surface area contributed by atoms with Crippen LogP contribution < -0.4 is 0 Å². The highest BCUT2D eigenvalue weighted by Gasteiger charge is 2.29. The van der Waals surface area contributed by atoms with E-state index in [-0.39, 0.29) is 46.0 Å². The normalized spacial score (nSPS) is 15.9. The van der Waals surface area contributed by atoms with Gasteiger partial charge in [-0.1, -0.05) is 88.4 Å². The van der Waals surface area contributed by atoms with Crippen LogP contribution in [0.15, 0.2) is 158 Å². The van der Waals surface area contributed by atoms with E-state index in [2.05, 4.69) is 9.97 Å². The second kappa shape index (κ2) is 20.3. The quantitative estimate of drug-likeness (QED) is 0.0610. The van der Waals surface area contributed by atoms with E-state index < -0.39 is 35.2 Å². The maximum absolute atomic E-state index is 11.8. The van der Waals surface area contributed by atoms with Crippen LogP contribution in [0, 0.1) is 0 Å². The van der Waals surface area contributed by atoms with Crippen LogP contribution in [0.1, 0.15) is 117 Å². The number of pyridine rings is 2. The number of rotatable bonds is 4. The summed E-state index contributed by atoms with van der Waals surface area (Å²) in [7, 11) is 0. The molecule has 1 aliphatic rings. The molecule has 6 aromatic carbocycles. The number of hydrogen-bond donors (Lipinski definition) is 8. The van der Waals surface area contributed by atoms with Crippen molar-refractivity contribution in [3.63, 3.8) is 0 Å². The van der Waals surface area contributed by atoms with Gasteiger partial charge in [0.15, 0.2) is 0 Å².